The van der Waals surface area contributed by atoms with Gasteiger partial charge in [-0.05, 0) is 24.3 Å². The van der Waals surface area contributed by atoms with Crippen LogP contribution in [-0.2, 0) is 19.9 Å². The second kappa shape index (κ2) is 6.52. The summed E-state index contributed by atoms with van der Waals surface area (Å²) >= 11 is 3.20. The van der Waals surface area contributed by atoms with Gasteiger partial charge in [0, 0.05) is 10.0 Å². The number of halogens is 1. The van der Waals surface area contributed by atoms with Crippen LogP contribution in [0.3, 0.4) is 0 Å². The van der Waals surface area contributed by atoms with Crippen molar-refractivity contribution in [2.45, 2.75) is 9.79 Å². The molecule has 2 N–H and O–H groups in total. The first-order valence-electron chi connectivity index (χ1n) is 6.24. The maximum absolute atomic E-state index is 12.4. The van der Waals surface area contributed by atoms with Crippen LogP contribution in [0.1, 0.15) is 10.4 Å². The number of primary sulfonamides is 1. The zero-order valence-corrected chi connectivity index (χ0v) is 14.9. The molecule has 2 rings (SSSR count). The van der Waals surface area contributed by atoms with Gasteiger partial charge in [0.05, 0.1) is 4.90 Å². The Kier molecular flexibility index (Phi) is 5.04. The maximum atomic E-state index is 12.4. The largest absolute Gasteiger partial charge is 0.293 e. The highest BCUT2D eigenvalue weighted by atomic mass is 79.9. The molecule has 0 aliphatic rings. The van der Waals surface area contributed by atoms with E-state index < -0.39 is 41.2 Å². The van der Waals surface area contributed by atoms with E-state index in [1.165, 1.54) is 24.3 Å². The molecule has 6 nitrogen and oxygen atoms in total. The van der Waals surface area contributed by atoms with Gasteiger partial charge in [-0.1, -0.05) is 40.2 Å². The van der Waals surface area contributed by atoms with E-state index in [4.69, 9.17) is 5.14 Å². The first kappa shape index (κ1) is 17.8. The number of carbonyl (C=O) groups is 1. The lowest BCUT2D eigenvalue weighted by molar-refractivity contribution is 0.102. The van der Waals surface area contributed by atoms with Crippen LogP contribution >= 0.6 is 15.9 Å². The number of carbonyl (C=O) groups excluding carboxylic acids is 1. The monoisotopic (exact) mass is 417 g/mol. The van der Waals surface area contributed by atoms with Gasteiger partial charge in [0.15, 0.2) is 15.6 Å². The van der Waals surface area contributed by atoms with Gasteiger partial charge >= 0.3 is 0 Å². The predicted octanol–water partition coefficient (Wildman–Crippen LogP) is 1.75. The zero-order valence-electron chi connectivity index (χ0n) is 11.6. The van der Waals surface area contributed by atoms with Crippen molar-refractivity contribution < 1.29 is 21.6 Å². The van der Waals surface area contributed by atoms with Gasteiger partial charge in [-0.2, -0.15) is 0 Å². The summed E-state index contributed by atoms with van der Waals surface area (Å²) in [5, 5.41) is 5.03. The third-order valence-corrected chi connectivity index (χ3v) is 6.22. The maximum Gasteiger partial charge on any atom is 0.239 e. The molecule has 0 fully saturated rings. The SMILES string of the molecule is NS(=O)(=O)c1ccccc1S(=O)(=O)CC(=O)c1cccc(Br)c1. The smallest absolute Gasteiger partial charge is 0.239 e. The van der Waals surface area contributed by atoms with Crippen LogP contribution in [0.5, 0.6) is 0 Å². The van der Waals surface area contributed by atoms with Crippen molar-refractivity contribution in [1.82, 2.24) is 0 Å². The van der Waals surface area contributed by atoms with E-state index in [0.29, 0.717) is 4.47 Å². The average molecular weight is 418 g/mol. The van der Waals surface area contributed by atoms with Gasteiger partial charge in [-0.3, -0.25) is 4.79 Å². The van der Waals surface area contributed by atoms with Gasteiger partial charge in [0.1, 0.15) is 10.6 Å². The van der Waals surface area contributed by atoms with Crippen LogP contribution in [-0.4, -0.2) is 28.4 Å². The number of benzene rings is 2. The zero-order chi connectivity index (χ0) is 17.3. The van der Waals surface area contributed by atoms with Gasteiger partial charge in [0.25, 0.3) is 0 Å². The summed E-state index contributed by atoms with van der Waals surface area (Å²) in [6.07, 6.45) is 0. The molecule has 2 aromatic rings. The molecule has 9 heteroatoms. The van der Waals surface area contributed by atoms with E-state index in [9.17, 15) is 21.6 Å². The Morgan fingerprint density at radius 1 is 0.957 bits per heavy atom. The van der Waals surface area contributed by atoms with Crippen LogP contribution in [0.4, 0.5) is 0 Å². The highest BCUT2D eigenvalue weighted by Crippen LogP contribution is 2.22. The Hall–Kier alpha value is -1.55. The summed E-state index contributed by atoms with van der Waals surface area (Å²) in [6, 6.07) is 11.2. The highest BCUT2D eigenvalue weighted by Gasteiger charge is 2.26. The Morgan fingerprint density at radius 3 is 2.13 bits per heavy atom. The van der Waals surface area contributed by atoms with Gasteiger partial charge < -0.3 is 0 Å². The Balaban J connectivity index is 2.43. The highest BCUT2D eigenvalue weighted by molar-refractivity contribution is 9.10. The topological polar surface area (TPSA) is 111 Å². The van der Waals surface area contributed by atoms with Crippen molar-refractivity contribution >= 4 is 41.6 Å². The molecule has 0 spiro atoms. The molecular formula is C14H12BrNO5S2. The molecule has 0 saturated heterocycles. The van der Waals surface area contributed by atoms with E-state index in [2.05, 4.69) is 15.9 Å². The fourth-order valence-electron chi connectivity index (χ4n) is 1.94. The normalized spacial score (nSPS) is 12.1. The van der Waals surface area contributed by atoms with Gasteiger partial charge in [-0.25, -0.2) is 22.0 Å². The number of hydrogen-bond donors (Lipinski definition) is 1. The molecule has 122 valence electrons. The van der Waals surface area contributed by atoms with Crippen molar-refractivity contribution in [3.05, 3.63) is 58.6 Å². The molecule has 0 aliphatic heterocycles. The van der Waals surface area contributed by atoms with Crippen molar-refractivity contribution in [2.24, 2.45) is 5.14 Å². The van der Waals surface area contributed by atoms with E-state index in [-0.39, 0.29) is 5.56 Å². The third-order valence-electron chi connectivity index (χ3n) is 2.96. The van der Waals surface area contributed by atoms with Crippen molar-refractivity contribution in [2.75, 3.05) is 5.75 Å². The Morgan fingerprint density at radius 2 is 1.57 bits per heavy atom. The molecule has 0 atom stereocenters. The second-order valence-electron chi connectivity index (χ2n) is 4.68. The minimum Gasteiger partial charge on any atom is -0.293 e. The molecule has 0 aromatic heterocycles. The summed E-state index contributed by atoms with van der Waals surface area (Å²) in [4.78, 5) is 11.2. The van der Waals surface area contributed by atoms with E-state index >= 15 is 0 Å². The lowest BCUT2D eigenvalue weighted by atomic mass is 10.2. The average Bonchev–Trinajstić information content (AvgIpc) is 2.46. The lowest BCUT2D eigenvalue weighted by Crippen LogP contribution is -2.21. The first-order chi connectivity index (χ1) is 10.6. The fraction of sp³-hybridized carbons (Fsp3) is 0.0714. The molecular weight excluding hydrogens is 406 g/mol. The standard InChI is InChI=1S/C14H12BrNO5S2/c15-11-5-3-4-10(8-11)12(17)9-22(18,19)13-6-1-2-7-14(13)23(16,20)21/h1-8H,9H2,(H2,16,20,21). The number of rotatable bonds is 5. The Bertz CT molecular complexity index is 968. The van der Waals surface area contributed by atoms with Crippen molar-refractivity contribution in [3.63, 3.8) is 0 Å². The summed E-state index contributed by atoms with van der Waals surface area (Å²) in [6.45, 7) is 0. The van der Waals surface area contributed by atoms with Crippen LogP contribution in [0.15, 0.2) is 62.8 Å². The molecule has 23 heavy (non-hydrogen) atoms. The minimum atomic E-state index is -4.22. The quantitative estimate of drug-likeness (QED) is 0.744. The van der Waals surface area contributed by atoms with Crippen LogP contribution in [0.25, 0.3) is 0 Å². The van der Waals surface area contributed by atoms with Gasteiger partial charge in [-0.15, -0.1) is 0 Å². The predicted molar refractivity (Wildman–Crippen MR) is 88.3 cm³/mol. The summed E-state index contributed by atoms with van der Waals surface area (Å²) in [5.74, 6) is -1.49. The van der Waals surface area contributed by atoms with E-state index in [0.717, 1.165) is 12.1 Å². The number of ketones is 1. The number of sulfonamides is 1. The lowest BCUT2D eigenvalue weighted by Gasteiger charge is -2.08. The molecule has 0 heterocycles. The van der Waals surface area contributed by atoms with E-state index in [1.807, 2.05) is 0 Å². The molecule has 0 unspecified atom stereocenters. The molecule has 0 radical (unpaired) electrons. The first-order valence-corrected chi connectivity index (χ1v) is 10.2. The number of sulfone groups is 1. The fourth-order valence-corrected chi connectivity index (χ4v) is 5.01. The number of Topliss-reactive ketones (excluding diaryl/α,β-unsaturated/α-hetero) is 1. The summed E-state index contributed by atoms with van der Waals surface area (Å²) in [5.41, 5.74) is 0.205. The molecule has 0 amide bonds. The summed E-state index contributed by atoms with van der Waals surface area (Å²) < 4.78 is 48.5. The van der Waals surface area contributed by atoms with Crippen molar-refractivity contribution in [1.29, 1.82) is 0 Å². The van der Waals surface area contributed by atoms with Crippen LogP contribution < -0.4 is 5.14 Å². The minimum absolute atomic E-state index is 0.205. The van der Waals surface area contributed by atoms with Gasteiger partial charge in [0.2, 0.25) is 10.0 Å². The van der Waals surface area contributed by atoms with Crippen molar-refractivity contribution in [3.8, 4) is 0 Å². The third kappa shape index (κ3) is 4.25. The van der Waals surface area contributed by atoms with Crippen LogP contribution in [0.2, 0.25) is 0 Å². The molecule has 0 aliphatic carbocycles. The Labute approximate surface area is 142 Å². The second-order valence-corrected chi connectivity index (χ2v) is 9.09. The van der Waals surface area contributed by atoms with E-state index in [1.54, 1.807) is 12.1 Å². The molecule has 2 aromatic carbocycles. The van der Waals surface area contributed by atoms with Crippen LogP contribution in [0, 0.1) is 0 Å². The number of nitrogens with two attached hydrogens (primary N) is 1. The number of hydrogen-bond acceptors (Lipinski definition) is 5. The molecule has 0 bridgehead atoms. The molecule has 0 saturated carbocycles. The summed E-state index contributed by atoms with van der Waals surface area (Å²) in [7, 11) is -8.38.